The number of nitrogens with one attached hydrogen (secondary N) is 3. The Balaban J connectivity index is 1.32. The first-order chi connectivity index (χ1) is 16.5. The number of aromatic nitrogens is 2. The van der Waals surface area contributed by atoms with E-state index >= 15 is 0 Å². The summed E-state index contributed by atoms with van der Waals surface area (Å²) in [7, 11) is 0. The van der Waals surface area contributed by atoms with Gasteiger partial charge in [0.05, 0.1) is 11.2 Å². The molecule has 2 heterocycles. The number of amides is 2. The van der Waals surface area contributed by atoms with Crippen molar-refractivity contribution in [3.63, 3.8) is 0 Å². The van der Waals surface area contributed by atoms with Gasteiger partial charge in [-0.2, -0.15) is 0 Å². The number of carbonyl (C=O) groups is 3. The maximum Gasteiger partial charge on any atom is 0.327 e. The predicted octanol–water partition coefficient (Wildman–Crippen LogP) is 3.92. The molecule has 0 aliphatic rings. The monoisotopic (exact) mass is 451 g/mol. The van der Waals surface area contributed by atoms with Crippen molar-refractivity contribution in [1.29, 1.82) is 0 Å². The minimum absolute atomic E-state index is 0.208. The van der Waals surface area contributed by atoms with Crippen molar-refractivity contribution in [2.24, 2.45) is 0 Å². The molecular formula is C26H21N5O3. The molecule has 0 bridgehead atoms. The standard InChI is InChI=1S/C26H21N5O3/c1-17-5-4-8-24(27-17)30-31-26(34)25(33)29-21-13-10-19(11-14-21)23(32)16-15-20-12-9-18-6-2-3-7-22(18)28-20/h2-16H,1H3,(H,27,30)(H,29,33)(H,31,34). The molecule has 4 rings (SSSR count). The molecule has 8 heteroatoms. The van der Waals surface area contributed by atoms with E-state index in [2.05, 4.69) is 26.1 Å². The minimum atomic E-state index is -0.880. The van der Waals surface area contributed by atoms with Gasteiger partial charge in [-0.15, -0.1) is 0 Å². The van der Waals surface area contributed by atoms with Crippen LogP contribution in [0.1, 0.15) is 21.7 Å². The average Bonchev–Trinajstić information content (AvgIpc) is 2.86. The summed E-state index contributed by atoms with van der Waals surface area (Å²) in [4.78, 5) is 45.3. The second-order valence-electron chi connectivity index (χ2n) is 7.40. The van der Waals surface area contributed by atoms with Crippen molar-refractivity contribution >= 4 is 46.1 Å². The van der Waals surface area contributed by atoms with Gasteiger partial charge in [-0.05, 0) is 67.6 Å². The Kier molecular flexibility index (Phi) is 6.69. The van der Waals surface area contributed by atoms with Crippen molar-refractivity contribution in [3.8, 4) is 0 Å². The minimum Gasteiger partial charge on any atom is -0.318 e. The summed E-state index contributed by atoms with van der Waals surface area (Å²) in [6, 6.07) is 23.0. The summed E-state index contributed by atoms with van der Waals surface area (Å²) in [5.74, 6) is -1.54. The van der Waals surface area contributed by atoms with Crippen LogP contribution in [0.5, 0.6) is 0 Å². The van der Waals surface area contributed by atoms with E-state index in [1.807, 2.05) is 49.4 Å². The number of anilines is 2. The fraction of sp³-hybridized carbons (Fsp3) is 0.0385. The van der Waals surface area contributed by atoms with Gasteiger partial charge in [-0.25, -0.2) is 9.97 Å². The summed E-state index contributed by atoms with van der Waals surface area (Å²) in [5, 5.41) is 3.51. The number of hydrogen-bond acceptors (Lipinski definition) is 6. The third kappa shape index (κ3) is 5.68. The molecule has 0 spiro atoms. The first-order valence-corrected chi connectivity index (χ1v) is 10.5. The van der Waals surface area contributed by atoms with Crippen LogP contribution in [0, 0.1) is 6.92 Å². The van der Waals surface area contributed by atoms with Crippen LogP contribution >= 0.6 is 0 Å². The van der Waals surface area contributed by atoms with E-state index in [1.165, 1.54) is 6.08 Å². The molecule has 0 saturated carbocycles. The molecule has 4 aromatic rings. The number of carbonyl (C=O) groups excluding carboxylic acids is 3. The van der Waals surface area contributed by atoms with E-state index in [4.69, 9.17) is 0 Å². The Morgan fingerprint density at radius 1 is 0.794 bits per heavy atom. The maximum atomic E-state index is 12.5. The lowest BCUT2D eigenvalue weighted by molar-refractivity contribution is -0.135. The van der Waals surface area contributed by atoms with Crippen molar-refractivity contribution in [1.82, 2.24) is 15.4 Å². The molecule has 8 nitrogen and oxygen atoms in total. The molecule has 2 amide bonds. The van der Waals surface area contributed by atoms with Crippen LogP contribution in [0.15, 0.2) is 84.9 Å². The predicted molar refractivity (Wildman–Crippen MR) is 131 cm³/mol. The molecule has 0 fully saturated rings. The summed E-state index contributed by atoms with van der Waals surface area (Å²) >= 11 is 0. The molecule has 0 aliphatic carbocycles. The second kappa shape index (κ2) is 10.2. The number of hydrogen-bond donors (Lipinski definition) is 3. The summed E-state index contributed by atoms with van der Waals surface area (Å²) < 4.78 is 0. The molecule has 0 atom stereocenters. The first-order valence-electron chi connectivity index (χ1n) is 10.5. The number of hydrazine groups is 1. The Morgan fingerprint density at radius 2 is 1.59 bits per heavy atom. The third-order valence-electron chi connectivity index (χ3n) is 4.85. The molecule has 0 unspecified atom stereocenters. The molecule has 168 valence electrons. The lowest BCUT2D eigenvalue weighted by Gasteiger charge is -2.09. The van der Waals surface area contributed by atoms with Crippen molar-refractivity contribution in [2.75, 3.05) is 10.7 Å². The summed E-state index contributed by atoms with van der Waals surface area (Å²) in [6.07, 6.45) is 3.11. The van der Waals surface area contributed by atoms with Gasteiger partial charge in [0.1, 0.15) is 5.82 Å². The van der Waals surface area contributed by atoms with Crippen LogP contribution in [0.25, 0.3) is 17.0 Å². The van der Waals surface area contributed by atoms with E-state index < -0.39 is 11.8 Å². The van der Waals surface area contributed by atoms with Crippen LogP contribution in [-0.2, 0) is 9.59 Å². The molecule has 34 heavy (non-hydrogen) atoms. The Hall–Kier alpha value is -4.85. The highest BCUT2D eigenvalue weighted by Gasteiger charge is 2.14. The number of fused-ring (bicyclic) bond motifs is 1. The van der Waals surface area contributed by atoms with Crippen LogP contribution in [0.2, 0.25) is 0 Å². The molecular weight excluding hydrogens is 430 g/mol. The topological polar surface area (TPSA) is 113 Å². The Bertz CT molecular complexity index is 1400. The van der Waals surface area contributed by atoms with Crippen LogP contribution < -0.4 is 16.2 Å². The van der Waals surface area contributed by atoms with Crippen LogP contribution in [0.4, 0.5) is 11.5 Å². The number of allylic oxidation sites excluding steroid dienone is 1. The van der Waals surface area contributed by atoms with Crippen LogP contribution in [0.3, 0.4) is 0 Å². The number of para-hydroxylation sites is 1. The molecule has 3 N–H and O–H groups in total. The van der Waals surface area contributed by atoms with Gasteiger partial charge in [0.25, 0.3) is 0 Å². The zero-order valence-electron chi connectivity index (χ0n) is 18.3. The highest BCUT2D eigenvalue weighted by atomic mass is 16.2. The van der Waals surface area contributed by atoms with E-state index in [9.17, 15) is 14.4 Å². The van der Waals surface area contributed by atoms with Crippen LogP contribution in [-0.4, -0.2) is 27.6 Å². The normalized spacial score (nSPS) is 10.7. The average molecular weight is 451 g/mol. The van der Waals surface area contributed by atoms with E-state index in [-0.39, 0.29) is 5.78 Å². The number of benzene rings is 2. The Morgan fingerprint density at radius 3 is 2.38 bits per heavy atom. The summed E-state index contributed by atoms with van der Waals surface area (Å²) in [6.45, 7) is 1.81. The fourth-order valence-corrected chi connectivity index (χ4v) is 3.13. The van der Waals surface area contributed by atoms with E-state index in [0.717, 1.165) is 16.6 Å². The highest BCUT2D eigenvalue weighted by Crippen LogP contribution is 2.14. The molecule has 0 radical (unpaired) electrons. The van der Waals surface area contributed by atoms with Gasteiger partial charge in [-0.3, -0.25) is 25.2 Å². The SMILES string of the molecule is Cc1cccc(NNC(=O)C(=O)Nc2ccc(C(=O)C=Cc3ccc4ccccc4n3)cc2)n1. The number of pyridine rings is 2. The zero-order valence-corrected chi connectivity index (χ0v) is 18.3. The van der Waals surface area contributed by atoms with Gasteiger partial charge >= 0.3 is 11.8 Å². The number of rotatable bonds is 6. The quantitative estimate of drug-likeness (QED) is 0.177. The molecule has 0 saturated heterocycles. The van der Waals surface area contributed by atoms with E-state index in [1.54, 1.807) is 42.5 Å². The molecule has 0 aliphatic heterocycles. The molecule has 2 aromatic heterocycles. The maximum absolute atomic E-state index is 12.5. The Labute approximate surface area is 195 Å². The second-order valence-corrected chi connectivity index (χ2v) is 7.40. The van der Waals surface area contributed by atoms with Gasteiger partial charge in [0, 0.05) is 22.3 Å². The van der Waals surface area contributed by atoms with E-state index in [0.29, 0.717) is 22.8 Å². The first kappa shape index (κ1) is 22.3. The van der Waals surface area contributed by atoms with Gasteiger partial charge in [-0.1, -0.05) is 30.3 Å². The lowest BCUT2D eigenvalue weighted by Crippen LogP contribution is -2.39. The highest BCUT2D eigenvalue weighted by molar-refractivity contribution is 6.39. The number of nitrogens with zero attached hydrogens (tertiary/aromatic N) is 2. The smallest absolute Gasteiger partial charge is 0.318 e. The van der Waals surface area contributed by atoms with Crippen molar-refractivity contribution in [3.05, 3.63) is 102 Å². The lowest BCUT2D eigenvalue weighted by atomic mass is 10.1. The van der Waals surface area contributed by atoms with Gasteiger partial charge < -0.3 is 5.32 Å². The number of aryl methyl sites for hydroxylation is 1. The van der Waals surface area contributed by atoms with Crippen molar-refractivity contribution < 1.29 is 14.4 Å². The number of ketones is 1. The largest absolute Gasteiger partial charge is 0.327 e. The summed E-state index contributed by atoms with van der Waals surface area (Å²) in [5.41, 5.74) is 7.98. The van der Waals surface area contributed by atoms with Crippen molar-refractivity contribution in [2.45, 2.75) is 6.92 Å². The van der Waals surface area contributed by atoms with Gasteiger partial charge in [0.15, 0.2) is 5.78 Å². The fourth-order valence-electron chi connectivity index (χ4n) is 3.13. The molecule has 2 aromatic carbocycles. The van der Waals surface area contributed by atoms with Gasteiger partial charge in [0.2, 0.25) is 0 Å². The zero-order chi connectivity index (χ0) is 23.9. The third-order valence-corrected chi connectivity index (χ3v) is 4.85.